The van der Waals surface area contributed by atoms with E-state index >= 15 is 0 Å². The normalized spacial score (nSPS) is 10.7. The van der Waals surface area contributed by atoms with Gasteiger partial charge in [-0.05, 0) is 51.0 Å². The number of aliphatic hydroxyl groups excluding tert-OH is 1. The van der Waals surface area contributed by atoms with Crippen LogP contribution in [0.3, 0.4) is 0 Å². The third-order valence-electron chi connectivity index (χ3n) is 3.74. The van der Waals surface area contributed by atoms with Crippen LogP contribution in [0.4, 0.5) is 5.69 Å². The number of rotatable bonds is 7. The molecule has 0 aliphatic carbocycles. The number of nitrogens with one attached hydrogen (secondary N) is 1. The summed E-state index contributed by atoms with van der Waals surface area (Å²) in [5, 5.41) is 11.6. The summed E-state index contributed by atoms with van der Waals surface area (Å²) in [6.45, 7) is 4.21. The van der Waals surface area contributed by atoms with E-state index in [1.54, 1.807) is 6.33 Å². The van der Waals surface area contributed by atoms with Gasteiger partial charge in [0.15, 0.2) is 0 Å². The van der Waals surface area contributed by atoms with Crippen LogP contribution >= 0.6 is 0 Å². The molecule has 0 fully saturated rings. The van der Waals surface area contributed by atoms with Crippen LogP contribution in [0.15, 0.2) is 30.6 Å². The van der Waals surface area contributed by atoms with Crippen LogP contribution in [0.2, 0.25) is 0 Å². The van der Waals surface area contributed by atoms with Crippen LogP contribution in [0.5, 0.6) is 0 Å². The average Bonchev–Trinajstić information content (AvgIpc) is 2.84. The summed E-state index contributed by atoms with van der Waals surface area (Å²) in [4.78, 5) is 16.1. The van der Waals surface area contributed by atoms with Gasteiger partial charge in [0.2, 0.25) is 5.91 Å². The molecule has 1 amide bonds. The van der Waals surface area contributed by atoms with Crippen LogP contribution in [0.1, 0.15) is 37.1 Å². The highest BCUT2D eigenvalue weighted by Gasteiger charge is 2.05. The lowest BCUT2D eigenvalue weighted by Crippen LogP contribution is -2.11. The third kappa shape index (κ3) is 4.18. The highest BCUT2D eigenvalue weighted by Crippen LogP contribution is 2.17. The van der Waals surface area contributed by atoms with Gasteiger partial charge in [-0.3, -0.25) is 4.79 Å². The second-order valence-electron chi connectivity index (χ2n) is 5.41. The average molecular weight is 301 g/mol. The number of benzene rings is 1. The molecular weight excluding hydrogens is 278 g/mol. The first kappa shape index (κ1) is 16.2. The third-order valence-corrected chi connectivity index (χ3v) is 3.74. The van der Waals surface area contributed by atoms with Gasteiger partial charge < -0.3 is 15.0 Å². The van der Waals surface area contributed by atoms with Crippen molar-refractivity contribution in [3.05, 3.63) is 42.0 Å². The molecule has 0 bridgehead atoms. The maximum absolute atomic E-state index is 11.8. The maximum atomic E-state index is 11.8. The second kappa shape index (κ2) is 7.75. The van der Waals surface area contributed by atoms with Gasteiger partial charge in [0.25, 0.3) is 0 Å². The van der Waals surface area contributed by atoms with E-state index in [1.807, 2.05) is 42.7 Å². The number of aromatic nitrogens is 2. The van der Waals surface area contributed by atoms with Gasteiger partial charge in [0, 0.05) is 30.1 Å². The van der Waals surface area contributed by atoms with Gasteiger partial charge >= 0.3 is 0 Å². The van der Waals surface area contributed by atoms with Gasteiger partial charge in [0.05, 0.1) is 12.0 Å². The quantitative estimate of drug-likeness (QED) is 0.773. The first-order valence-corrected chi connectivity index (χ1v) is 7.63. The van der Waals surface area contributed by atoms with E-state index < -0.39 is 0 Å². The van der Waals surface area contributed by atoms with Crippen LogP contribution in [-0.4, -0.2) is 27.2 Å². The number of aliphatic hydroxyl groups is 1. The van der Waals surface area contributed by atoms with E-state index in [4.69, 9.17) is 5.11 Å². The molecule has 0 aliphatic heterocycles. The van der Waals surface area contributed by atoms with Gasteiger partial charge in [-0.1, -0.05) is 6.42 Å². The zero-order valence-corrected chi connectivity index (χ0v) is 13.2. The molecule has 2 aromatic rings. The molecule has 0 unspecified atom stereocenters. The number of amides is 1. The number of aryl methyl sites for hydroxylation is 1. The van der Waals surface area contributed by atoms with E-state index in [0.29, 0.717) is 6.42 Å². The fourth-order valence-corrected chi connectivity index (χ4v) is 2.26. The van der Waals surface area contributed by atoms with E-state index in [-0.39, 0.29) is 12.5 Å². The molecular formula is C17H23N3O2. The fraction of sp³-hybridized carbons (Fsp3) is 0.412. The van der Waals surface area contributed by atoms with Crippen molar-refractivity contribution < 1.29 is 9.90 Å². The highest BCUT2D eigenvalue weighted by molar-refractivity contribution is 5.90. The molecule has 0 saturated carbocycles. The van der Waals surface area contributed by atoms with Crippen LogP contribution in [0, 0.1) is 13.8 Å². The molecule has 2 N–H and O–H groups in total. The summed E-state index contributed by atoms with van der Waals surface area (Å²) in [6.07, 6.45) is 4.73. The molecule has 0 saturated heterocycles. The van der Waals surface area contributed by atoms with Crippen LogP contribution in [0.25, 0.3) is 5.69 Å². The van der Waals surface area contributed by atoms with Crippen molar-refractivity contribution in [2.75, 3.05) is 11.9 Å². The number of nitrogens with zero attached hydrogens (tertiary/aromatic N) is 2. The number of hydrogen-bond acceptors (Lipinski definition) is 3. The lowest BCUT2D eigenvalue weighted by atomic mass is 10.2. The van der Waals surface area contributed by atoms with Gasteiger partial charge in [-0.25, -0.2) is 4.98 Å². The molecule has 0 radical (unpaired) electrons. The monoisotopic (exact) mass is 301 g/mol. The molecule has 22 heavy (non-hydrogen) atoms. The van der Waals surface area contributed by atoms with Gasteiger partial charge in [-0.15, -0.1) is 0 Å². The zero-order chi connectivity index (χ0) is 15.9. The molecule has 0 aliphatic rings. The van der Waals surface area contributed by atoms with Gasteiger partial charge in [0.1, 0.15) is 0 Å². The molecule has 0 spiro atoms. The van der Waals surface area contributed by atoms with Crippen LogP contribution < -0.4 is 5.32 Å². The van der Waals surface area contributed by atoms with Crippen molar-refractivity contribution in [2.24, 2.45) is 0 Å². The van der Waals surface area contributed by atoms with Crippen molar-refractivity contribution in [2.45, 2.75) is 39.5 Å². The zero-order valence-electron chi connectivity index (χ0n) is 13.2. The number of anilines is 1. The minimum atomic E-state index is 0.0142. The predicted octanol–water partition coefficient (Wildman–Crippen LogP) is 2.98. The Kier molecular flexibility index (Phi) is 5.72. The Morgan fingerprint density at radius 3 is 2.50 bits per heavy atom. The smallest absolute Gasteiger partial charge is 0.224 e. The lowest BCUT2D eigenvalue weighted by molar-refractivity contribution is -0.116. The van der Waals surface area contributed by atoms with E-state index in [1.165, 1.54) is 0 Å². The minimum Gasteiger partial charge on any atom is -0.396 e. The summed E-state index contributed by atoms with van der Waals surface area (Å²) in [6, 6.07) is 7.73. The molecule has 5 nitrogen and oxygen atoms in total. The van der Waals surface area contributed by atoms with Crippen molar-refractivity contribution in [1.82, 2.24) is 9.55 Å². The van der Waals surface area contributed by atoms with Crippen molar-refractivity contribution in [3.63, 3.8) is 0 Å². The molecule has 1 heterocycles. The Labute approximate surface area is 131 Å². The van der Waals surface area contributed by atoms with E-state index in [2.05, 4.69) is 10.3 Å². The summed E-state index contributed by atoms with van der Waals surface area (Å²) < 4.78 is 2.02. The maximum Gasteiger partial charge on any atom is 0.224 e. The van der Waals surface area contributed by atoms with Crippen molar-refractivity contribution in [3.8, 4) is 5.69 Å². The fourth-order valence-electron chi connectivity index (χ4n) is 2.26. The topological polar surface area (TPSA) is 67.2 Å². The summed E-state index contributed by atoms with van der Waals surface area (Å²) in [7, 11) is 0. The molecule has 5 heteroatoms. The van der Waals surface area contributed by atoms with Gasteiger partial charge in [-0.2, -0.15) is 0 Å². The lowest BCUT2D eigenvalue weighted by Gasteiger charge is -2.08. The van der Waals surface area contributed by atoms with E-state index in [9.17, 15) is 4.79 Å². The first-order valence-electron chi connectivity index (χ1n) is 7.63. The number of carbonyl (C=O) groups is 1. The minimum absolute atomic E-state index is 0.0142. The molecule has 1 aromatic carbocycles. The molecule has 1 aromatic heterocycles. The number of imidazole rings is 1. The molecule has 2 rings (SSSR count). The summed E-state index contributed by atoms with van der Waals surface area (Å²) in [5.41, 5.74) is 3.95. The number of hydrogen-bond donors (Lipinski definition) is 2. The first-order chi connectivity index (χ1) is 10.6. The molecule has 0 atom stereocenters. The Morgan fingerprint density at radius 2 is 1.91 bits per heavy atom. The van der Waals surface area contributed by atoms with Crippen LogP contribution in [-0.2, 0) is 4.79 Å². The molecule has 118 valence electrons. The van der Waals surface area contributed by atoms with Crippen molar-refractivity contribution >= 4 is 11.6 Å². The SMILES string of the molecule is Cc1ncn(-c2ccc(NC(=O)CCCCCO)cc2)c1C. The Bertz CT molecular complexity index is 617. The van der Waals surface area contributed by atoms with Crippen molar-refractivity contribution in [1.29, 1.82) is 0 Å². The second-order valence-corrected chi connectivity index (χ2v) is 5.41. The summed E-state index contributed by atoms with van der Waals surface area (Å²) in [5.74, 6) is 0.0142. The Morgan fingerprint density at radius 1 is 1.18 bits per heavy atom. The summed E-state index contributed by atoms with van der Waals surface area (Å²) >= 11 is 0. The highest BCUT2D eigenvalue weighted by atomic mass is 16.2. The standard InChI is InChI=1S/C17H23N3O2/c1-13-14(2)20(12-18-13)16-9-7-15(8-10-16)19-17(22)6-4-3-5-11-21/h7-10,12,21H,3-6,11H2,1-2H3,(H,19,22). The largest absolute Gasteiger partial charge is 0.396 e. The number of unbranched alkanes of at least 4 members (excludes halogenated alkanes) is 2. The predicted molar refractivity (Wildman–Crippen MR) is 87.2 cm³/mol. The Hall–Kier alpha value is -2.14. The van der Waals surface area contributed by atoms with E-state index in [0.717, 1.165) is 42.0 Å². The Balaban J connectivity index is 1.92. The number of carbonyl (C=O) groups excluding carboxylic acids is 1.